The van der Waals surface area contributed by atoms with Gasteiger partial charge in [0.1, 0.15) is 18.3 Å². The van der Waals surface area contributed by atoms with Gasteiger partial charge in [-0.2, -0.15) is 8.42 Å². The van der Waals surface area contributed by atoms with Crippen LogP contribution in [0.4, 0.5) is 0 Å². The zero-order chi connectivity index (χ0) is 14.1. The minimum atomic E-state index is -4.99. The van der Waals surface area contributed by atoms with Gasteiger partial charge in [0.25, 0.3) is 0 Å². The van der Waals surface area contributed by atoms with Crippen LogP contribution in [0.25, 0.3) is 0 Å². The molecular weight excluding hydrogens is 276 g/mol. The van der Waals surface area contributed by atoms with Crippen LogP contribution in [0.5, 0.6) is 0 Å². The molecule has 0 aromatic rings. The Morgan fingerprint density at radius 2 is 1.83 bits per heavy atom. The molecule has 1 saturated heterocycles. The standard InChI is InChI=1S/C7H12O10S/c1-15-7-3(9)4(17-18(12,13)14)2(8)5(16-7)6(10)11/h2-5,7-9H,1H3,(H,10,11)(H,12,13,14)/t2-,3+,4-,5-,7-/m0/s1. The monoisotopic (exact) mass is 288 g/mol. The zero-order valence-electron chi connectivity index (χ0n) is 9.03. The van der Waals surface area contributed by atoms with Crippen molar-refractivity contribution in [1.29, 1.82) is 0 Å². The van der Waals surface area contributed by atoms with Gasteiger partial charge in [-0.1, -0.05) is 0 Å². The van der Waals surface area contributed by atoms with Crippen molar-refractivity contribution in [3.8, 4) is 0 Å². The Morgan fingerprint density at radius 1 is 1.28 bits per heavy atom. The topological polar surface area (TPSA) is 160 Å². The van der Waals surface area contributed by atoms with E-state index in [-0.39, 0.29) is 0 Å². The molecule has 0 aromatic carbocycles. The number of hydrogen-bond acceptors (Lipinski definition) is 8. The summed E-state index contributed by atoms with van der Waals surface area (Å²) < 4.78 is 42.9. The summed E-state index contributed by atoms with van der Waals surface area (Å²) in [7, 11) is -3.93. The molecule has 11 heteroatoms. The summed E-state index contributed by atoms with van der Waals surface area (Å²) in [5.41, 5.74) is 0. The van der Waals surface area contributed by atoms with Crippen molar-refractivity contribution in [3.63, 3.8) is 0 Å². The molecule has 1 aliphatic heterocycles. The Bertz CT molecular complexity index is 404. The van der Waals surface area contributed by atoms with Gasteiger partial charge < -0.3 is 24.8 Å². The van der Waals surface area contributed by atoms with Crippen molar-refractivity contribution in [2.45, 2.75) is 30.7 Å². The molecule has 4 N–H and O–H groups in total. The highest BCUT2D eigenvalue weighted by atomic mass is 32.3. The van der Waals surface area contributed by atoms with Crippen LogP contribution in [0.3, 0.4) is 0 Å². The number of aliphatic carboxylic acids is 1. The number of ether oxygens (including phenoxy) is 2. The number of aliphatic hydroxyl groups is 2. The number of methoxy groups -OCH3 is 1. The molecule has 1 aliphatic rings. The Balaban J connectivity index is 2.99. The van der Waals surface area contributed by atoms with Crippen LogP contribution in [0.1, 0.15) is 0 Å². The molecule has 0 aromatic heterocycles. The highest BCUT2D eigenvalue weighted by molar-refractivity contribution is 7.80. The highest BCUT2D eigenvalue weighted by Gasteiger charge is 2.50. The lowest BCUT2D eigenvalue weighted by molar-refractivity contribution is -0.283. The molecule has 0 unspecified atom stereocenters. The van der Waals surface area contributed by atoms with E-state index in [1.807, 2.05) is 0 Å². The van der Waals surface area contributed by atoms with Gasteiger partial charge in [0.2, 0.25) is 0 Å². The predicted octanol–water partition coefficient (Wildman–Crippen LogP) is -2.65. The van der Waals surface area contributed by atoms with Crippen LogP contribution in [0.2, 0.25) is 0 Å². The molecule has 106 valence electrons. The summed E-state index contributed by atoms with van der Waals surface area (Å²) in [5.74, 6) is -1.61. The first-order valence-corrected chi connectivity index (χ1v) is 5.96. The maximum Gasteiger partial charge on any atom is 0.397 e. The quantitative estimate of drug-likeness (QED) is 0.402. The van der Waals surface area contributed by atoms with Crippen LogP contribution >= 0.6 is 0 Å². The van der Waals surface area contributed by atoms with E-state index in [1.54, 1.807) is 0 Å². The summed E-state index contributed by atoms with van der Waals surface area (Å²) >= 11 is 0. The molecule has 0 saturated carbocycles. The van der Waals surface area contributed by atoms with Gasteiger partial charge in [0.15, 0.2) is 12.4 Å². The average molecular weight is 288 g/mol. The van der Waals surface area contributed by atoms with Crippen molar-refractivity contribution >= 4 is 16.4 Å². The first-order valence-electron chi connectivity index (χ1n) is 4.60. The van der Waals surface area contributed by atoms with Gasteiger partial charge in [-0.15, -0.1) is 0 Å². The number of carboxylic acids is 1. The van der Waals surface area contributed by atoms with Gasteiger partial charge in [-0.05, 0) is 0 Å². The summed E-state index contributed by atoms with van der Waals surface area (Å²) in [6.07, 6.45) is -9.14. The molecule has 0 amide bonds. The fraction of sp³-hybridized carbons (Fsp3) is 0.857. The Labute approximate surface area is 102 Å². The van der Waals surface area contributed by atoms with E-state index in [4.69, 9.17) is 9.66 Å². The third-order valence-electron chi connectivity index (χ3n) is 2.25. The van der Waals surface area contributed by atoms with E-state index in [9.17, 15) is 23.4 Å². The minimum Gasteiger partial charge on any atom is -0.479 e. The SMILES string of the molecule is CO[C@H]1O[C@H](C(=O)O)[C@@H](O)[C@H](OS(=O)(=O)O)[C@H]1O. The van der Waals surface area contributed by atoms with E-state index in [0.717, 1.165) is 7.11 Å². The Hall–Kier alpha value is -0.820. The molecule has 0 aliphatic carbocycles. The molecule has 0 bridgehead atoms. The first-order chi connectivity index (χ1) is 8.17. The minimum absolute atomic E-state index is 1.06. The molecule has 5 atom stereocenters. The van der Waals surface area contributed by atoms with Crippen molar-refractivity contribution in [1.82, 2.24) is 0 Å². The number of carbonyl (C=O) groups is 1. The fourth-order valence-corrected chi connectivity index (χ4v) is 2.00. The van der Waals surface area contributed by atoms with Gasteiger partial charge >= 0.3 is 16.4 Å². The lowest BCUT2D eigenvalue weighted by atomic mass is 9.99. The molecule has 1 fully saturated rings. The van der Waals surface area contributed by atoms with Crippen molar-refractivity contribution in [2.75, 3.05) is 7.11 Å². The first kappa shape index (κ1) is 15.2. The molecule has 1 heterocycles. The smallest absolute Gasteiger partial charge is 0.397 e. The molecule has 18 heavy (non-hydrogen) atoms. The second-order valence-electron chi connectivity index (χ2n) is 3.47. The molecule has 0 radical (unpaired) electrons. The summed E-state index contributed by atoms with van der Waals surface area (Å²) in [6, 6.07) is 0. The highest BCUT2D eigenvalue weighted by Crippen LogP contribution is 2.25. The van der Waals surface area contributed by atoms with Crippen molar-refractivity contribution in [3.05, 3.63) is 0 Å². The Morgan fingerprint density at radius 3 is 2.22 bits per heavy atom. The third kappa shape index (κ3) is 3.35. The van der Waals surface area contributed by atoms with Crippen LogP contribution in [-0.2, 0) is 28.9 Å². The molecule has 1 rings (SSSR count). The van der Waals surface area contributed by atoms with Gasteiger partial charge in [0.05, 0.1) is 0 Å². The maximum absolute atomic E-state index is 10.8. The van der Waals surface area contributed by atoms with E-state index in [2.05, 4.69) is 13.7 Å². The molecule has 10 nitrogen and oxygen atoms in total. The van der Waals surface area contributed by atoms with E-state index in [1.165, 1.54) is 0 Å². The average Bonchev–Trinajstić information content (AvgIpc) is 2.22. The van der Waals surface area contributed by atoms with Crippen LogP contribution < -0.4 is 0 Å². The third-order valence-corrected chi connectivity index (χ3v) is 2.72. The number of hydrogen-bond donors (Lipinski definition) is 4. The van der Waals surface area contributed by atoms with Gasteiger partial charge in [-0.3, -0.25) is 4.55 Å². The van der Waals surface area contributed by atoms with Gasteiger partial charge in [0, 0.05) is 7.11 Å². The van der Waals surface area contributed by atoms with Crippen molar-refractivity contribution < 1.29 is 46.7 Å². The second kappa shape index (κ2) is 5.44. The molecule has 0 spiro atoms. The lowest BCUT2D eigenvalue weighted by Gasteiger charge is -2.39. The normalized spacial score (nSPS) is 37.4. The lowest BCUT2D eigenvalue weighted by Crippen LogP contribution is -2.61. The molecular formula is C7H12O10S. The van der Waals surface area contributed by atoms with E-state index in [0.29, 0.717) is 0 Å². The van der Waals surface area contributed by atoms with Crippen molar-refractivity contribution in [2.24, 2.45) is 0 Å². The predicted molar refractivity (Wildman–Crippen MR) is 51.7 cm³/mol. The number of aliphatic hydroxyl groups excluding tert-OH is 2. The fourth-order valence-electron chi connectivity index (χ4n) is 1.49. The zero-order valence-corrected chi connectivity index (χ0v) is 9.85. The van der Waals surface area contributed by atoms with Crippen LogP contribution in [0.15, 0.2) is 0 Å². The van der Waals surface area contributed by atoms with Gasteiger partial charge in [-0.25, -0.2) is 8.98 Å². The Kier molecular flexibility index (Phi) is 4.61. The summed E-state index contributed by atoms with van der Waals surface area (Å²) in [6.45, 7) is 0. The van der Waals surface area contributed by atoms with Crippen LogP contribution in [0, 0.1) is 0 Å². The van der Waals surface area contributed by atoms with E-state index >= 15 is 0 Å². The van der Waals surface area contributed by atoms with Crippen LogP contribution in [-0.4, -0.2) is 72.1 Å². The largest absolute Gasteiger partial charge is 0.479 e. The number of rotatable bonds is 4. The van der Waals surface area contributed by atoms with E-state index < -0.39 is 47.1 Å². The summed E-state index contributed by atoms with van der Waals surface area (Å²) in [5, 5.41) is 27.8. The number of carboxylic acid groups (broad SMARTS) is 1. The second-order valence-corrected chi connectivity index (χ2v) is 4.52. The maximum atomic E-state index is 10.8. The summed E-state index contributed by atoms with van der Waals surface area (Å²) in [4.78, 5) is 10.8.